The average molecular weight is 281 g/mol. The molecule has 0 bridgehead atoms. The molecule has 1 aromatic carbocycles. The predicted octanol–water partition coefficient (Wildman–Crippen LogP) is 3.63. The summed E-state index contributed by atoms with van der Waals surface area (Å²) in [5.74, 6) is -0.196. The van der Waals surface area contributed by atoms with Crippen LogP contribution in [-0.4, -0.2) is 16.0 Å². The van der Waals surface area contributed by atoms with Crippen LogP contribution in [0, 0.1) is 13.8 Å². The molecule has 0 radical (unpaired) electrons. The Balaban J connectivity index is 2.54. The van der Waals surface area contributed by atoms with Crippen LogP contribution < -0.4 is 0 Å². The Labute approximate surface area is 115 Å². The van der Waals surface area contributed by atoms with E-state index >= 15 is 0 Å². The number of aryl methyl sites for hydroxylation is 2. The van der Waals surface area contributed by atoms with Gasteiger partial charge in [0.1, 0.15) is 0 Å². The van der Waals surface area contributed by atoms with E-state index < -0.39 is 0 Å². The molecule has 0 aliphatic rings. The molecular formula is C13H10Cl2N2O. The van der Waals surface area contributed by atoms with Crippen LogP contribution in [0.15, 0.2) is 24.3 Å². The first kappa shape index (κ1) is 13.0. The van der Waals surface area contributed by atoms with Gasteiger partial charge in [-0.1, -0.05) is 23.2 Å². The summed E-state index contributed by atoms with van der Waals surface area (Å²) in [6.45, 7) is 3.51. The lowest BCUT2D eigenvalue weighted by molar-refractivity contribution is 0.103. The summed E-state index contributed by atoms with van der Waals surface area (Å²) in [7, 11) is 0. The normalized spacial score (nSPS) is 10.4. The Morgan fingerprint density at radius 2 is 1.78 bits per heavy atom. The number of benzene rings is 1. The van der Waals surface area contributed by atoms with E-state index in [0.717, 1.165) is 0 Å². The molecule has 92 valence electrons. The molecule has 18 heavy (non-hydrogen) atoms. The van der Waals surface area contributed by atoms with E-state index in [9.17, 15) is 4.79 Å². The maximum Gasteiger partial charge on any atom is 0.196 e. The van der Waals surface area contributed by atoms with E-state index in [1.54, 1.807) is 38.1 Å². The number of nitrogens with zero attached hydrogens (tertiary/aromatic N) is 2. The number of carbonyl (C=O) groups is 1. The molecule has 0 saturated heterocycles. The molecule has 1 aromatic heterocycles. The largest absolute Gasteiger partial charge is 0.288 e. The molecule has 0 saturated carbocycles. The van der Waals surface area contributed by atoms with Crippen LogP contribution in [0.3, 0.4) is 0 Å². The first-order valence-electron chi connectivity index (χ1n) is 5.29. The van der Waals surface area contributed by atoms with Gasteiger partial charge in [-0.3, -0.25) is 4.79 Å². The Hall–Kier alpha value is -1.45. The molecule has 5 heteroatoms. The van der Waals surface area contributed by atoms with Gasteiger partial charge < -0.3 is 0 Å². The summed E-state index contributed by atoms with van der Waals surface area (Å²) in [4.78, 5) is 12.4. The quantitative estimate of drug-likeness (QED) is 0.789. The van der Waals surface area contributed by atoms with E-state index in [-0.39, 0.29) is 5.78 Å². The summed E-state index contributed by atoms with van der Waals surface area (Å²) in [6, 6.07) is 6.50. The number of hydrogen-bond acceptors (Lipinski definition) is 3. The van der Waals surface area contributed by atoms with Crippen LogP contribution in [-0.2, 0) is 0 Å². The molecule has 3 nitrogen and oxygen atoms in total. The third kappa shape index (κ3) is 2.52. The highest BCUT2D eigenvalue weighted by molar-refractivity contribution is 6.36. The van der Waals surface area contributed by atoms with Crippen LogP contribution >= 0.6 is 23.2 Å². The molecule has 0 amide bonds. The smallest absolute Gasteiger partial charge is 0.196 e. The summed E-state index contributed by atoms with van der Waals surface area (Å²) < 4.78 is 0. The van der Waals surface area contributed by atoms with Crippen molar-refractivity contribution in [1.29, 1.82) is 0 Å². The van der Waals surface area contributed by atoms with Crippen molar-refractivity contribution in [3.8, 4) is 0 Å². The fourth-order valence-electron chi connectivity index (χ4n) is 1.60. The van der Waals surface area contributed by atoms with Gasteiger partial charge >= 0.3 is 0 Å². The summed E-state index contributed by atoms with van der Waals surface area (Å²) in [6.07, 6.45) is 0. The number of aromatic nitrogens is 2. The van der Waals surface area contributed by atoms with E-state index in [1.807, 2.05) is 0 Å². The van der Waals surface area contributed by atoms with Gasteiger partial charge in [0.05, 0.1) is 16.4 Å². The summed E-state index contributed by atoms with van der Waals surface area (Å²) in [5, 5.41) is 8.67. The SMILES string of the molecule is Cc1cc(C(=O)c2cc(Cl)ccc2Cl)c(C)nn1. The van der Waals surface area contributed by atoms with Crippen LogP contribution in [0.5, 0.6) is 0 Å². The minimum absolute atomic E-state index is 0.196. The number of ketones is 1. The van der Waals surface area contributed by atoms with Crippen molar-refractivity contribution in [2.45, 2.75) is 13.8 Å². The first-order chi connectivity index (χ1) is 8.49. The van der Waals surface area contributed by atoms with Crippen LogP contribution in [0.2, 0.25) is 10.0 Å². The second-order valence-corrected chi connectivity index (χ2v) is 4.78. The topological polar surface area (TPSA) is 42.9 Å². The highest BCUT2D eigenvalue weighted by Gasteiger charge is 2.16. The number of rotatable bonds is 2. The molecule has 2 aromatic rings. The zero-order valence-electron chi connectivity index (χ0n) is 9.87. The maximum atomic E-state index is 12.4. The van der Waals surface area contributed by atoms with Gasteiger partial charge in [-0.25, -0.2) is 0 Å². The molecule has 2 rings (SSSR count). The van der Waals surface area contributed by atoms with Crippen molar-refractivity contribution >= 4 is 29.0 Å². The zero-order chi connectivity index (χ0) is 13.3. The van der Waals surface area contributed by atoms with Crippen molar-refractivity contribution in [3.63, 3.8) is 0 Å². The van der Waals surface area contributed by atoms with E-state index in [2.05, 4.69) is 10.2 Å². The third-order valence-corrected chi connectivity index (χ3v) is 3.08. The first-order valence-corrected chi connectivity index (χ1v) is 6.05. The highest BCUT2D eigenvalue weighted by atomic mass is 35.5. The molecular weight excluding hydrogens is 271 g/mol. The zero-order valence-corrected chi connectivity index (χ0v) is 11.4. The van der Waals surface area contributed by atoms with Gasteiger partial charge in [0, 0.05) is 16.1 Å². The maximum absolute atomic E-state index is 12.4. The molecule has 0 unspecified atom stereocenters. The van der Waals surface area contributed by atoms with E-state index in [0.29, 0.717) is 32.6 Å². The standard InChI is InChI=1S/C13H10Cl2N2O/c1-7-5-10(8(2)17-16-7)13(18)11-6-9(14)3-4-12(11)15/h3-6H,1-2H3. The Morgan fingerprint density at radius 1 is 1.06 bits per heavy atom. The third-order valence-electron chi connectivity index (χ3n) is 2.52. The highest BCUT2D eigenvalue weighted by Crippen LogP contribution is 2.24. The fourth-order valence-corrected chi connectivity index (χ4v) is 1.97. The fraction of sp³-hybridized carbons (Fsp3) is 0.154. The number of halogens is 2. The van der Waals surface area contributed by atoms with Crippen molar-refractivity contribution < 1.29 is 4.79 Å². The van der Waals surface area contributed by atoms with Gasteiger partial charge in [-0.05, 0) is 38.1 Å². The molecule has 0 atom stereocenters. The van der Waals surface area contributed by atoms with Crippen molar-refractivity contribution in [1.82, 2.24) is 10.2 Å². The molecule has 0 fully saturated rings. The van der Waals surface area contributed by atoms with Crippen molar-refractivity contribution in [2.24, 2.45) is 0 Å². The molecule has 1 heterocycles. The second kappa shape index (κ2) is 5.04. The number of hydrogen-bond donors (Lipinski definition) is 0. The van der Waals surface area contributed by atoms with Crippen LogP contribution in [0.25, 0.3) is 0 Å². The van der Waals surface area contributed by atoms with Crippen molar-refractivity contribution in [2.75, 3.05) is 0 Å². The number of carbonyl (C=O) groups excluding carboxylic acids is 1. The lowest BCUT2D eigenvalue weighted by atomic mass is 10.0. The minimum atomic E-state index is -0.196. The lowest BCUT2D eigenvalue weighted by Crippen LogP contribution is -2.07. The van der Waals surface area contributed by atoms with Gasteiger partial charge in [0.2, 0.25) is 0 Å². The average Bonchev–Trinajstić information content (AvgIpc) is 2.34. The van der Waals surface area contributed by atoms with Gasteiger partial charge in [0.15, 0.2) is 5.78 Å². The van der Waals surface area contributed by atoms with Crippen LogP contribution in [0.1, 0.15) is 27.3 Å². The van der Waals surface area contributed by atoms with Gasteiger partial charge in [-0.2, -0.15) is 10.2 Å². The Morgan fingerprint density at radius 3 is 2.50 bits per heavy atom. The Bertz CT molecular complexity index is 573. The Kier molecular flexibility index (Phi) is 3.64. The second-order valence-electron chi connectivity index (χ2n) is 3.94. The summed E-state index contributed by atoms with van der Waals surface area (Å²) >= 11 is 11.9. The lowest BCUT2D eigenvalue weighted by Gasteiger charge is -2.06. The van der Waals surface area contributed by atoms with E-state index in [1.165, 1.54) is 0 Å². The van der Waals surface area contributed by atoms with E-state index in [4.69, 9.17) is 23.2 Å². The molecule has 0 aliphatic heterocycles. The predicted molar refractivity (Wildman–Crippen MR) is 71.4 cm³/mol. The molecule has 0 aliphatic carbocycles. The minimum Gasteiger partial charge on any atom is -0.288 e. The molecule has 0 spiro atoms. The van der Waals surface area contributed by atoms with Crippen molar-refractivity contribution in [3.05, 3.63) is 56.8 Å². The molecule has 0 N–H and O–H groups in total. The van der Waals surface area contributed by atoms with Crippen LogP contribution in [0.4, 0.5) is 0 Å². The van der Waals surface area contributed by atoms with Gasteiger partial charge in [0.25, 0.3) is 0 Å². The van der Waals surface area contributed by atoms with Gasteiger partial charge in [-0.15, -0.1) is 0 Å². The summed E-state index contributed by atoms with van der Waals surface area (Å²) in [5.41, 5.74) is 2.12. The monoisotopic (exact) mass is 280 g/mol.